The van der Waals surface area contributed by atoms with Gasteiger partial charge >= 0.3 is 0 Å². The molecule has 1 aromatic heterocycles. The second-order valence-electron chi connectivity index (χ2n) is 3.08. The van der Waals surface area contributed by atoms with Crippen molar-refractivity contribution in [2.45, 2.75) is 0 Å². The van der Waals surface area contributed by atoms with Crippen molar-refractivity contribution < 1.29 is 4.79 Å². The normalized spacial score (nSPS) is 9.93. The Balaban J connectivity index is 2.33. The lowest BCUT2D eigenvalue weighted by Crippen LogP contribution is -2.00. The quantitative estimate of drug-likeness (QED) is 0.778. The molecule has 1 heterocycles. The van der Waals surface area contributed by atoms with E-state index in [0.29, 0.717) is 11.1 Å². The highest BCUT2D eigenvalue weighted by Gasteiger charge is 2.07. The van der Waals surface area contributed by atoms with E-state index in [-0.39, 0.29) is 5.78 Å². The van der Waals surface area contributed by atoms with Crippen LogP contribution < -0.4 is 0 Å². The second kappa shape index (κ2) is 4.36. The molecule has 0 atom stereocenters. The van der Waals surface area contributed by atoms with Crippen molar-refractivity contribution in [3.63, 3.8) is 0 Å². The van der Waals surface area contributed by atoms with Gasteiger partial charge in [-0.15, -0.1) is 0 Å². The lowest BCUT2D eigenvalue weighted by molar-refractivity contribution is 0.103. The number of hydrogen-bond acceptors (Lipinski definition) is 2. The highest BCUT2D eigenvalue weighted by Crippen LogP contribution is 2.13. The predicted octanol–water partition coefficient (Wildman–Crippen LogP) is 3.08. The molecule has 0 radical (unpaired) electrons. The first kappa shape index (κ1) is 10.1. The van der Waals surface area contributed by atoms with Gasteiger partial charge in [0, 0.05) is 28.0 Å². The molecule has 0 spiro atoms. The Labute approximate surface area is 96.1 Å². The maximum absolute atomic E-state index is 11.9. The standard InChI is InChI=1S/C12H8BrNO/c13-11-5-3-9(4-6-11)12(15)10-2-1-7-14-8-10/h1-8H. The SMILES string of the molecule is O=C(c1ccc(Br)cc1)c1cccnc1. The van der Waals surface area contributed by atoms with E-state index in [1.165, 1.54) is 0 Å². The van der Waals surface area contributed by atoms with Gasteiger partial charge in [0.1, 0.15) is 0 Å². The number of nitrogens with zero attached hydrogens (tertiary/aromatic N) is 1. The van der Waals surface area contributed by atoms with E-state index in [1.54, 1.807) is 36.7 Å². The zero-order valence-electron chi connectivity index (χ0n) is 7.85. The molecule has 2 rings (SSSR count). The van der Waals surface area contributed by atoms with Crippen LogP contribution in [0.4, 0.5) is 0 Å². The molecule has 0 N–H and O–H groups in total. The average Bonchev–Trinajstić information content (AvgIpc) is 2.30. The van der Waals surface area contributed by atoms with Crippen molar-refractivity contribution in [1.82, 2.24) is 4.98 Å². The maximum Gasteiger partial charge on any atom is 0.194 e. The minimum absolute atomic E-state index is 0.00407. The van der Waals surface area contributed by atoms with Crippen LogP contribution in [0, 0.1) is 0 Å². The second-order valence-corrected chi connectivity index (χ2v) is 3.99. The van der Waals surface area contributed by atoms with Crippen molar-refractivity contribution in [3.05, 3.63) is 64.4 Å². The summed E-state index contributed by atoms with van der Waals surface area (Å²) in [6.07, 6.45) is 3.22. The molecule has 0 amide bonds. The van der Waals surface area contributed by atoms with Crippen molar-refractivity contribution >= 4 is 21.7 Å². The van der Waals surface area contributed by atoms with Gasteiger partial charge in [-0.25, -0.2) is 0 Å². The van der Waals surface area contributed by atoms with Gasteiger partial charge in [0.15, 0.2) is 5.78 Å². The molecule has 0 unspecified atom stereocenters. The van der Waals surface area contributed by atoms with Crippen LogP contribution in [0.2, 0.25) is 0 Å². The fourth-order valence-electron chi connectivity index (χ4n) is 1.27. The van der Waals surface area contributed by atoms with Crippen LogP contribution in [-0.4, -0.2) is 10.8 Å². The van der Waals surface area contributed by atoms with Crippen LogP contribution in [0.5, 0.6) is 0 Å². The van der Waals surface area contributed by atoms with E-state index < -0.39 is 0 Å². The van der Waals surface area contributed by atoms with Crippen LogP contribution in [0.15, 0.2) is 53.3 Å². The van der Waals surface area contributed by atoms with Crippen molar-refractivity contribution in [2.24, 2.45) is 0 Å². The molecule has 15 heavy (non-hydrogen) atoms. The highest BCUT2D eigenvalue weighted by atomic mass is 79.9. The third-order valence-electron chi connectivity index (χ3n) is 2.03. The molecule has 1 aromatic carbocycles. The smallest absolute Gasteiger partial charge is 0.194 e. The van der Waals surface area contributed by atoms with Crippen LogP contribution in [0.25, 0.3) is 0 Å². The molecular formula is C12H8BrNO. The van der Waals surface area contributed by atoms with Gasteiger partial charge in [0.25, 0.3) is 0 Å². The zero-order chi connectivity index (χ0) is 10.7. The zero-order valence-corrected chi connectivity index (χ0v) is 9.44. The van der Waals surface area contributed by atoms with Crippen LogP contribution in [-0.2, 0) is 0 Å². The number of pyridine rings is 1. The largest absolute Gasteiger partial charge is 0.289 e. The highest BCUT2D eigenvalue weighted by molar-refractivity contribution is 9.10. The summed E-state index contributed by atoms with van der Waals surface area (Å²) in [5.74, 6) is -0.00407. The summed E-state index contributed by atoms with van der Waals surface area (Å²) in [5, 5.41) is 0. The van der Waals surface area contributed by atoms with E-state index in [9.17, 15) is 4.79 Å². The fourth-order valence-corrected chi connectivity index (χ4v) is 1.53. The number of benzene rings is 1. The number of carbonyl (C=O) groups is 1. The molecular weight excluding hydrogens is 254 g/mol. The average molecular weight is 262 g/mol. The molecule has 2 aromatic rings. The number of aromatic nitrogens is 1. The van der Waals surface area contributed by atoms with Gasteiger partial charge in [-0.2, -0.15) is 0 Å². The molecule has 3 heteroatoms. The van der Waals surface area contributed by atoms with Gasteiger partial charge in [-0.1, -0.05) is 15.9 Å². The van der Waals surface area contributed by atoms with E-state index in [0.717, 1.165) is 4.47 Å². The third kappa shape index (κ3) is 2.30. The Bertz CT molecular complexity index is 465. The summed E-state index contributed by atoms with van der Waals surface area (Å²) in [7, 11) is 0. The Morgan fingerprint density at radius 2 is 1.80 bits per heavy atom. The summed E-state index contributed by atoms with van der Waals surface area (Å²) in [6, 6.07) is 10.8. The van der Waals surface area contributed by atoms with E-state index >= 15 is 0 Å². The van der Waals surface area contributed by atoms with Gasteiger partial charge < -0.3 is 0 Å². The summed E-state index contributed by atoms with van der Waals surface area (Å²) >= 11 is 3.33. The van der Waals surface area contributed by atoms with Crippen LogP contribution >= 0.6 is 15.9 Å². The first-order valence-electron chi connectivity index (χ1n) is 4.47. The van der Waals surface area contributed by atoms with Crippen molar-refractivity contribution in [2.75, 3.05) is 0 Å². The Hall–Kier alpha value is -1.48. The lowest BCUT2D eigenvalue weighted by Gasteiger charge is -2.00. The molecule has 0 bridgehead atoms. The minimum Gasteiger partial charge on any atom is -0.289 e. The summed E-state index contributed by atoms with van der Waals surface area (Å²) in [4.78, 5) is 15.8. The molecule has 0 aliphatic rings. The van der Waals surface area contributed by atoms with E-state index in [4.69, 9.17) is 0 Å². The van der Waals surface area contributed by atoms with Crippen LogP contribution in [0.3, 0.4) is 0 Å². The number of rotatable bonds is 2. The molecule has 74 valence electrons. The maximum atomic E-state index is 11.9. The molecule has 0 aliphatic carbocycles. The summed E-state index contributed by atoms with van der Waals surface area (Å²) in [6.45, 7) is 0. The summed E-state index contributed by atoms with van der Waals surface area (Å²) < 4.78 is 0.963. The topological polar surface area (TPSA) is 30.0 Å². The molecule has 0 saturated carbocycles. The lowest BCUT2D eigenvalue weighted by atomic mass is 10.1. The fraction of sp³-hybridized carbons (Fsp3) is 0. The first-order valence-corrected chi connectivity index (χ1v) is 5.27. The van der Waals surface area contributed by atoms with Gasteiger partial charge in [-0.3, -0.25) is 9.78 Å². The minimum atomic E-state index is -0.00407. The number of ketones is 1. The van der Waals surface area contributed by atoms with Gasteiger partial charge in [-0.05, 0) is 36.4 Å². The number of halogens is 1. The summed E-state index contributed by atoms with van der Waals surface area (Å²) in [5.41, 5.74) is 1.28. The molecule has 0 aliphatic heterocycles. The van der Waals surface area contributed by atoms with Crippen molar-refractivity contribution in [1.29, 1.82) is 0 Å². The third-order valence-corrected chi connectivity index (χ3v) is 2.56. The Morgan fingerprint density at radius 3 is 2.40 bits per heavy atom. The van der Waals surface area contributed by atoms with Crippen molar-refractivity contribution in [3.8, 4) is 0 Å². The number of hydrogen-bond donors (Lipinski definition) is 0. The van der Waals surface area contributed by atoms with E-state index in [1.807, 2.05) is 12.1 Å². The number of carbonyl (C=O) groups excluding carboxylic acids is 1. The van der Waals surface area contributed by atoms with E-state index in [2.05, 4.69) is 20.9 Å². The molecule has 2 nitrogen and oxygen atoms in total. The van der Waals surface area contributed by atoms with Gasteiger partial charge in [0.05, 0.1) is 0 Å². The molecule has 0 fully saturated rings. The molecule has 0 saturated heterocycles. The first-order chi connectivity index (χ1) is 7.27. The monoisotopic (exact) mass is 261 g/mol. The van der Waals surface area contributed by atoms with Gasteiger partial charge in [0.2, 0.25) is 0 Å². The Kier molecular flexibility index (Phi) is 2.92. The Morgan fingerprint density at radius 1 is 1.07 bits per heavy atom. The predicted molar refractivity (Wildman–Crippen MR) is 61.8 cm³/mol. The van der Waals surface area contributed by atoms with Crippen LogP contribution in [0.1, 0.15) is 15.9 Å².